The molecule has 0 bridgehead atoms. The van der Waals surface area contributed by atoms with Crippen molar-refractivity contribution in [1.82, 2.24) is 0 Å². The van der Waals surface area contributed by atoms with Gasteiger partial charge in [-0.3, -0.25) is 4.79 Å². The Morgan fingerprint density at radius 2 is 2.33 bits per heavy atom. The lowest BCUT2D eigenvalue weighted by Crippen LogP contribution is -2.19. The summed E-state index contributed by atoms with van der Waals surface area (Å²) in [6, 6.07) is 0. The average molecular weight is 125 g/mol. The first-order valence-corrected chi connectivity index (χ1v) is 2.57. The zero-order chi connectivity index (χ0) is 6.85. The molecule has 1 aliphatic carbocycles. The minimum absolute atomic E-state index is 0.169. The number of ketones is 1. The highest BCUT2D eigenvalue weighted by atomic mass is 16.3. The third-order valence-corrected chi connectivity index (χ3v) is 1.09. The highest BCUT2D eigenvalue weighted by molar-refractivity contribution is 6.00. The molecule has 3 nitrogen and oxygen atoms in total. The number of rotatable bonds is 0. The maximum absolute atomic E-state index is 10.5. The Morgan fingerprint density at radius 1 is 1.67 bits per heavy atom. The molecule has 9 heavy (non-hydrogen) atoms. The number of hydrogen-bond acceptors (Lipinski definition) is 3. The molecular formula is C6H7NO2. The Bertz CT molecular complexity index is 193. The fourth-order valence-corrected chi connectivity index (χ4v) is 0.595. The van der Waals surface area contributed by atoms with Gasteiger partial charge in [0.05, 0.1) is 0 Å². The second kappa shape index (κ2) is 2.03. The van der Waals surface area contributed by atoms with E-state index in [4.69, 9.17) is 10.8 Å². The molecule has 0 spiro atoms. The summed E-state index contributed by atoms with van der Waals surface area (Å²) in [5.74, 6) is -0.169. The average Bonchev–Trinajstić information content (AvgIpc) is 1.80. The minimum Gasteiger partial charge on any atom is -0.400 e. The Kier molecular flexibility index (Phi) is 1.36. The molecule has 3 heteroatoms. The predicted molar refractivity (Wildman–Crippen MR) is 32.4 cm³/mol. The topological polar surface area (TPSA) is 63.3 Å². The Morgan fingerprint density at radius 3 is 2.78 bits per heavy atom. The van der Waals surface area contributed by atoms with E-state index in [9.17, 15) is 4.79 Å². The van der Waals surface area contributed by atoms with Gasteiger partial charge in [-0.1, -0.05) is 0 Å². The van der Waals surface area contributed by atoms with Gasteiger partial charge in [-0.25, -0.2) is 0 Å². The van der Waals surface area contributed by atoms with E-state index in [0.29, 0.717) is 0 Å². The fourth-order valence-electron chi connectivity index (χ4n) is 0.595. The first-order valence-electron chi connectivity index (χ1n) is 2.57. The van der Waals surface area contributed by atoms with Crippen LogP contribution in [0.4, 0.5) is 0 Å². The highest BCUT2D eigenvalue weighted by Gasteiger charge is 2.08. The summed E-state index contributed by atoms with van der Waals surface area (Å²) in [4.78, 5) is 10.5. The summed E-state index contributed by atoms with van der Waals surface area (Å²) >= 11 is 0. The van der Waals surface area contributed by atoms with E-state index in [2.05, 4.69) is 0 Å². The van der Waals surface area contributed by atoms with Crippen molar-refractivity contribution in [3.63, 3.8) is 0 Å². The van der Waals surface area contributed by atoms with E-state index < -0.39 is 6.10 Å². The van der Waals surface area contributed by atoms with E-state index in [-0.39, 0.29) is 11.5 Å². The summed E-state index contributed by atoms with van der Waals surface area (Å²) in [6.45, 7) is 0. The number of carbonyl (C=O) groups is 1. The lowest BCUT2D eigenvalue weighted by Gasteiger charge is -2.07. The molecule has 1 atom stereocenters. The van der Waals surface area contributed by atoms with Crippen LogP contribution in [0.15, 0.2) is 23.9 Å². The standard InChI is InChI=1S/C6H7NO2/c7-5-3-4(8)1-2-6(5)9/h1-3,6,9H,7H2. The van der Waals surface area contributed by atoms with Crippen molar-refractivity contribution in [1.29, 1.82) is 0 Å². The van der Waals surface area contributed by atoms with Crippen LogP contribution in [0.1, 0.15) is 0 Å². The molecule has 0 saturated carbocycles. The van der Waals surface area contributed by atoms with Crippen LogP contribution in [-0.2, 0) is 4.79 Å². The number of aliphatic hydroxyl groups is 1. The van der Waals surface area contributed by atoms with Crippen LogP contribution in [0, 0.1) is 0 Å². The van der Waals surface area contributed by atoms with Crippen LogP contribution >= 0.6 is 0 Å². The minimum atomic E-state index is -0.775. The third kappa shape index (κ3) is 1.17. The van der Waals surface area contributed by atoms with Crippen LogP contribution in [-0.4, -0.2) is 17.0 Å². The van der Waals surface area contributed by atoms with Crippen molar-refractivity contribution in [2.75, 3.05) is 0 Å². The van der Waals surface area contributed by atoms with Crippen molar-refractivity contribution in [3.8, 4) is 0 Å². The summed E-state index contributed by atoms with van der Waals surface area (Å²) in [7, 11) is 0. The smallest absolute Gasteiger partial charge is 0.180 e. The van der Waals surface area contributed by atoms with E-state index in [0.717, 1.165) is 0 Å². The van der Waals surface area contributed by atoms with Crippen molar-refractivity contribution < 1.29 is 9.90 Å². The Labute approximate surface area is 52.5 Å². The van der Waals surface area contributed by atoms with Gasteiger partial charge in [-0.2, -0.15) is 0 Å². The maximum atomic E-state index is 10.5. The monoisotopic (exact) mass is 125 g/mol. The molecule has 48 valence electrons. The second-order valence-corrected chi connectivity index (χ2v) is 1.85. The molecule has 0 aromatic carbocycles. The Hall–Kier alpha value is -1.09. The van der Waals surface area contributed by atoms with Crippen LogP contribution in [0.2, 0.25) is 0 Å². The summed E-state index contributed by atoms with van der Waals surface area (Å²) in [6.07, 6.45) is 3.09. The molecule has 0 aliphatic heterocycles. The lowest BCUT2D eigenvalue weighted by atomic mass is 10.1. The molecule has 0 heterocycles. The quantitative estimate of drug-likeness (QED) is 0.451. The SMILES string of the molecule is NC1=CC(=O)C=CC1O. The highest BCUT2D eigenvalue weighted by Crippen LogP contribution is 2.02. The molecular weight excluding hydrogens is 118 g/mol. The zero-order valence-electron chi connectivity index (χ0n) is 4.74. The van der Waals surface area contributed by atoms with Crippen LogP contribution in [0.25, 0.3) is 0 Å². The molecule has 1 unspecified atom stereocenters. The van der Waals surface area contributed by atoms with Crippen molar-refractivity contribution in [2.45, 2.75) is 6.10 Å². The Balaban J connectivity index is 2.82. The van der Waals surface area contributed by atoms with Crippen LogP contribution in [0.3, 0.4) is 0 Å². The molecule has 3 N–H and O–H groups in total. The van der Waals surface area contributed by atoms with Gasteiger partial charge < -0.3 is 10.8 Å². The largest absolute Gasteiger partial charge is 0.400 e. The predicted octanol–water partition coefficient (Wildman–Crippen LogP) is -0.671. The van der Waals surface area contributed by atoms with E-state index >= 15 is 0 Å². The van der Waals surface area contributed by atoms with E-state index in [1.807, 2.05) is 0 Å². The zero-order valence-corrected chi connectivity index (χ0v) is 4.74. The lowest BCUT2D eigenvalue weighted by molar-refractivity contribution is -0.110. The van der Waals surface area contributed by atoms with Gasteiger partial charge in [-0.15, -0.1) is 0 Å². The summed E-state index contributed by atoms with van der Waals surface area (Å²) in [5, 5.41) is 8.86. The van der Waals surface area contributed by atoms with Crippen molar-refractivity contribution >= 4 is 5.78 Å². The third-order valence-electron chi connectivity index (χ3n) is 1.09. The van der Waals surface area contributed by atoms with Crippen LogP contribution in [0.5, 0.6) is 0 Å². The number of aliphatic hydroxyl groups excluding tert-OH is 1. The van der Waals surface area contributed by atoms with Gasteiger partial charge in [0.1, 0.15) is 6.10 Å². The van der Waals surface area contributed by atoms with Crippen LogP contribution < -0.4 is 5.73 Å². The maximum Gasteiger partial charge on any atom is 0.180 e. The molecule has 1 rings (SSSR count). The van der Waals surface area contributed by atoms with Gasteiger partial charge in [0, 0.05) is 11.8 Å². The molecule has 0 radical (unpaired) electrons. The number of carbonyl (C=O) groups excluding carboxylic acids is 1. The molecule has 0 aromatic rings. The summed E-state index contributed by atoms with van der Waals surface area (Å²) < 4.78 is 0. The molecule has 0 amide bonds. The van der Waals surface area contributed by atoms with Crippen molar-refractivity contribution in [3.05, 3.63) is 23.9 Å². The first kappa shape index (κ1) is 6.04. The second-order valence-electron chi connectivity index (χ2n) is 1.85. The number of nitrogens with two attached hydrogens (primary N) is 1. The normalized spacial score (nSPS) is 26.1. The molecule has 0 fully saturated rings. The van der Waals surface area contributed by atoms with Gasteiger partial charge in [0.2, 0.25) is 0 Å². The molecule has 1 aliphatic rings. The van der Waals surface area contributed by atoms with Gasteiger partial charge in [-0.05, 0) is 12.2 Å². The number of hydrogen-bond donors (Lipinski definition) is 2. The number of allylic oxidation sites excluding steroid dienone is 2. The van der Waals surface area contributed by atoms with Gasteiger partial charge in [0.25, 0.3) is 0 Å². The van der Waals surface area contributed by atoms with E-state index in [1.54, 1.807) is 0 Å². The molecule has 0 aromatic heterocycles. The van der Waals surface area contributed by atoms with E-state index in [1.165, 1.54) is 18.2 Å². The summed E-state index contributed by atoms with van der Waals surface area (Å²) in [5.41, 5.74) is 5.42. The fraction of sp³-hybridized carbons (Fsp3) is 0.167. The van der Waals surface area contributed by atoms with Crippen molar-refractivity contribution in [2.24, 2.45) is 5.73 Å². The van der Waals surface area contributed by atoms with Gasteiger partial charge in [0.15, 0.2) is 5.78 Å². The molecule has 0 saturated heterocycles. The first-order chi connectivity index (χ1) is 4.20. The van der Waals surface area contributed by atoms with Gasteiger partial charge >= 0.3 is 0 Å².